The van der Waals surface area contributed by atoms with Crippen LogP contribution >= 0.6 is 15.9 Å². The fraction of sp³-hybridized carbons (Fsp3) is 0.737. The number of nitrogens with zero attached hydrogens (tertiary/aromatic N) is 3. The summed E-state index contributed by atoms with van der Waals surface area (Å²) in [6.07, 6.45) is 6.57. The molecule has 0 radical (unpaired) electrons. The van der Waals surface area contributed by atoms with Crippen LogP contribution in [-0.4, -0.2) is 54.8 Å². The predicted molar refractivity (Wildman–Crippen MR) is 103 cm³/mol. The molecule has 5 heteroatoms. The third-order valence-electron chi connectivity index (χ3n) is 5.32. The fourth-order valence-corrected chi connectivity index (χ4v) is 4.20. The topological polar surface area (TPSA) is 28.6 Å². The third kappa shape index (κ3) is 4.70. The van der Waals surface area contributed by atoms with Gasteiger partial charge in [-0.1, -0.05) is 0 Å². The van der Waals surface area contributed by atoms with Crippen molar-refractivity contribution in [3.05, 3.63) is 22.3 Å². The Balaban J connectivity index is 1.44. The molecule has 2 fully saturated rings. The molecule has 0 bridgehead atoms. The molecule has 2 saturated heterocycles. The van der Waals surface area contributed by atoms with E-state index in [2.05, 4.69) is 57.6 Å². The number of aryl methyl sites for hydroxylation is 1. The summed E-state index contributed by atoms with van der Waals surface area (Å²) in [6, 6.07) is 2.20. The van der Waals surface area contributed by atoms with Gasteiger partial charge >= 0.3 is 0 Å². The molecule has 1 aromatic rings. The molecule has 2 aliphatic rings. The predicted octanol–water partition coefficient (Wildman–Crippen LogP) is 3.87. The van der Waals surface area contributed by atoms with Crippen molar-refractivity contribution in [3.63, 3.8) is 0 Å². The summed E-state index contributed by atoms with van der Waals surface area (Å²) in [6.45, 7) is 12.2. The second kappa shape index (κ2) is 8.15. The number of hydrogen-bond donors (Lipinski definition) is 0. The monoisotopic (exact) mass is 395 g/mol. The van der Waals surface area contributed by atoms with Crippen molar-refractivity contribution in [2.24, 2.45) is 5.92 Å². The van der Waals surface area contributed by atoms with Gasteiger partial charge in [-0.3, -0.25) is 4.90 Å². The van der Waals surface area contributed by atoms with E-state index in [1.807, 2.05) is 6.20 Å². The maximum absolute atomic E-state index is 5.83. The van der Waals surface area contributed by atoms with Gasteiger partial charge in [0, 0.05) is 36.8 Å². The zero-order valence-electron chi connectivity index (χ0n) is 15.2. The lowest BCUT2D eigenvalue weighted by Gasteiger charge is -2.37. The van der Waals surface area contributed by atoms with E-state index in [1.165, 1.54) is 31.4 Å². The number of rotatable bonds is 4. The molecule has 0 aromatic carbocycles. The minimum absolute atomic E-state index is 0.377. The van der Waals surface area contributed by atoms with Crippen LogP contribution < -0.4 is 4.90 Å². The Kier molecular flexibility index (Phi) is 6.17. The largest absolute Gasteiger partial charge is 0.373 e. The van der Waals surface area contributed by atoms with Gasteiger partial charge in [0.1, 0.15) is 5.82 Å². The van der Waals surface area contributed by atoms with Crippen molar-refractivity contribution in [2.75, 3.05) is 37.6 Å². The van der Waals surface area contributed by atoms with Crippen LogP contribution in [-0.2, 0) is 4.74 Å². The highest BCUT2D eigenvalue weighted by Gasteiger charge is 2.24. The van der Waals surface area contributed by atoms with Crippen molar-refractivity contribution in [2.45, 2.75) is 52.2 Å². The third-order valence-corrected chi connectivity index (χ3v) is 6.15. The van der Waals surface area contributed by atoms with Crippen LogP contribution in [0.3, 0.4) is 0 Å². The Labute approximate surface area is 154 Å². The smallest absolute Gasteiger partial charge is 0.128 e. The van der Waals surface area contributed by atoms with E-state index in [0.717, 1.165) is 42.4 Å². The normalized spacial score (nSPS) is 26.8. The summed E-state index contributed by atoms with van der Waals surface area (Å²) in [5, 5.41) is 0. The van der Waals surface area contributed by atoms with Gasteiger partial charge in [0.05, 0.1) is 12.2 Å². The first-order valence-electron chi connectivity index (χ1n) is 9.26. The molecule has 2 aliphatic heterocycles. The maximum Gasteiger partial charge on any atom is 0.128 e. The van der Waals surface area contributed by atoms with E-state index in [-0.39, 0.29) is 0 Å². The van der Waals surface area contributed by atoms with Gasteiger partial charge < -0.3 is 9.64 Å². The van der Waals surface area contributed by atoms with E-state index in [0.29, 0.717) is 12.2 Å². The van der Waals surface area contributed by atoms with Gasteiger partial charge in [-0.15, -0.1) is 0 Å². The molecule has 134 valence electrons. The van der Waals surface area contributed by atoms with Crippen LogP contribution in [0, 0.1) is 12.8 Å². The Morgan fingerprint density at radius 1 is 1.21 bits per heavy atom. The molecule has 0 spiro atoms. The molecular weight excluding hydrogens is 366 g/mol. The van der Waals surface area contributed by atoms with Crippen LogP contribution in [0.2, 0.25) is 0 Å². The molecule has 2 atom stereocenters. The molecule has 24 heavy (non-hydrogen) atoms. The highest BCUT2D eigenvalue weighted by Crippen LogP contribution is 2.26. The molecule has 3 heterocycles. The van der Waals surface area contributed by atoms with Crippen LogP contribution in [0.15, 0.2) is 16.7 Å². The van der Waals surface area contributed by atoms with Crippen LogP contribution in [0.4, 0.5) is 5.82 Å². The minimum atomic E-state index is 0.377. The molecular formula is C19H30BrN3O. The Morgan fingerprint density at radius 2 is 1.88 bits per heavy atom. The summed E-state index contributed by atoms with van der Waals surface area (Å²) >= 11 is 3.54. The highest BCUT2D eigenvalue weighted by molar-refractivity contribution is 9.10. The maximum atomic E-state index is 5.83. The lowest BCUT2D eigenvalue weighted by Crippen LogP contribution is -2.46. The lowest BCUT2D eigenvalue weighted by molar-refractivity contribution is -0.0690. The standard InChI is InChI=1S/C19H30BrN3O/c1-14-10-19(21-11-18(14)20)23-8-5-17(6-9-23)4-7-22-12-15(2)24-16(3)13-22/h10-11,15-17H,4-9,12-13H2,1-3H3. The second-order valence-electron chi connectivity index (χ2n) is 7.53. The first kappa shape index (κ1) is 18.2. The van der Waals surface area contributed by atoms with Crippen molar-refractivity contribution in [1.82, 2.24) is 9.88 Å². The molecule has 1 aromatic heterocycles. The van der Waals surface area contributed by atoms with Crippen molar-refractivity contribution in [3.8, 4) is 0 Å². The summed E-state index contributed by atoms with van der Waals surface area (Å²) in [7, 11) is 0. The van der Waals surface area contributed by atoms with Gasteiger partial charge in [0.15, 0.2) is 0 Å². The molecule has 0 aliphatic carbocycles. The number of pyridine rings is 1. The first-order chi connectivity index (χ1) is 11.5. The van der Waals surface area contributed by atoms with Crippen LogP contribution in [0.25, 0.3) is 0 Å². The van der Waals surface area contributed by atoms with Gasteiger partial charge in [-0.25, -0.2) is 4.98 Å². The van der Waals surface area contributed by atoms with Crippen LogP contribution in [0.1, 0.15) is 38.7 Å². The number of ether oxygens (including phenoxy) is 1. The number of anilines is 1. The SMILES string of the molecule is Cc1cc(N2CCC(CCN3CC(C)OC(C)C3)CC2)ncc1Br. The summed E-state index contributed by atoms with van der Waals surface area (Å²) in [5.41, 5.74) is 1.26. The number of piperidine rings is 1. The lowest BCUT2D eigenvalue weighted by atomic mass is 9.93. The number of hydrogen-bond acceptors (Lipinski definition) is 4. The Hall–Kier alpha value is -0.650. The molecule has 0 N–H and O–H groups in total. The van der Waals surface area contributed by atoms with Crippen LogP contribution in [0.5, 0.6) is 0 Å². The van der Waals surface area contributed by atoms with Crippen molar-refractivity contribution in [1.29, 1.82) is 0 Å². The second-order valence-corrected chi connectivity index (χ2v) is 8.38. The van der Waals surface area contributed by atoms with Crippen molar-refractivity contribution >= 4 is 21.7 Å². The first-order valence-corrected chi connectivity index (χ1v) is 10.1. The summed E-state index contributed by atoms with van der Waals surface area (Å²) in [5.74, 6) is 1.98. The average Bonchev–Trinajstić information content (AvgIpc) is 2.55. The summed E-state index contributed by atoms with van der Waals surface area (Å²) < 4.78 is 6.92. The van der Waals surface area contributed by atoms with E-state index in [1.54, 1.807) is 0 Å². The van der Waals surface area contributed by atoms with Gasteiger partial charge in [0.2, 0.25) is 0 Å². The van der Waals surface area contributed by atoms with E-state index < -0.39 is 0 Å². The Bertz CT molecular complexity index is 535. The molecule has 3 rings (SSSR count). The molecule has 2 unspecified atom stereocenters. The minimum Gasteiger partial charge on any atom is -0.373 e. The zero-order chi connectivity index (χ0) is 17.1. The molecule has 0 amide bonds. The van der Waals surface area contributed by atoms with Gasteiger partial charge in [0.25, 0.3) is 0 Å². The van der Waals surface area contributed by atoms with Crippen molar-refractivity contribution < 1.29 is 4.74 Å². The number of halogens is 1. The molecule has 0 saturated carbocycles. The number of morpholine rings is 1. The van der Waals surface area contributed by atoms with E-state index in [4.69, 9.17) is 4.74 Å². The zero-order valence-corrected chi connectivity index (χ0v) is 16.8. The van der Waals surface area contributed by atoms with Gasteiger partial charge in [-0.05, 0) is 80.1 Å². The number of aromatic nitrogens is 1. The quantitative estimate of drug-likeness (QED) is 0.773. The Morgan fingerprint density at radius 3 is 2.50 bits per heavy atom. The van der Waals surface area contributed by atoms with Gasteiger partial charge in [-0.2, -0.15) is 0 Å². The summed E-state index contributed by atoms with van der Waals surface area (Å²) in [4.78, 5) is 9.61. The molecule has 4 nitrogen and oxygen atoms in total. The van der Waals surface area contributed by atoms with E-state index in [9.17, 15) is 0 Å². The van der Waals surface area contributed by atoms with E-state index >= 15 is 0 Å². The average molecular weight is 396 g/mol. The fourth-order valence-electron chi connectivity index (χ4n) is 3.98. The highest BCUT2D eigenvalue weighted by atomic mass is 79.9.